The molecule has 0 spiro atoms. The summed E-state index contributed by atoms with van der Waals surface area (Å²) < 4.78 is 68.8. The molecule has 0 saturated heterocycles. The summed E-state index contributed by atoms with van der Waals surface area (Å²) in [5, 5.41) is 9.14. The number of benzene rings is 1. The van der Waals surface area contributed by atoms with Crippen LogP contribution in [0.5, 0.6) is 0 Å². The molecule has 0 atom stereocenters. The first-order valence-corrected chi connectivity index (χ1v) is 5.94. The number of pyridine rings is 1. The van der Waals surface area contributed by atoms with E-state index in [1.807, 2.05) is 0 Å². The fourth-order valence-electron chi connectivity index (χ4n) is 1.92. The molecule has 0 unspecified atom stereocenters. The highest BCUT2D eigenvalue weighted by Crippen LogP contribution is 2.35. The van der Waals surface area contributed by atoms with Crippen molar-refractivity contribution in [2.24, 2.45) is 0 Å². The van der Waals surface area contributed by atoms with Gasteiger partial charge in [0.1, 0.15) is 22.9 Å². The van der Waals surface area contributed by atoms with Crippen LogP contribution in [0.2, 0.25) is 0 Å². The predicted octanol–water partition coefficient (Wildman–Crippen LogP) is 2.95. The minimum absolute atomic E-state index is 0.0466. The normalized spacial score (nSPS) is 11.9. The molecular weight excluding hydrogens is 327 g/mol. The highest BCUT2D eigenvalue weighted by atomic mass is 19.4. The summed E-state index contributed by atoms with van der Waals surface area (Å²) in [6.07, 6.45) is -5.17. The van der Waals surface area contributed by atoms with Gasteiger partial charge in [-0.1, -0.05) is 0 Å². The summed E-state index contributed by atoms with van der Waals surface area (Å²) >= 11 is 0. The lowest BCUT2D eigenvalue weighted by Crippen LogP contribution is -2.14. The van der Waals surface area contributed by atoms with Crippen molar-refractivity contribution in [2.75, 3.05) is 5.32 Å². The van der Waals surface area contributed by atoms with Crippen LogP contribution in [0.3, 0.4) is 0 Å². The maximum Gasteiger partial charge on any atom is 0.422 e. The molecule has 2 aromatic heterocycles. The fourth-order valence-corrected chi connectivity index (χ4v) is 1.92. The van der Waals surface area contributed by atoms with E-state index in [9.17, 15) is 26.7 Å². The summed E-state index contributed by atoms with van der Waals surface area (Å²) in [6.45, 7) is 0. The number of hydrogen-bond donors (Lipinski definition) is 2. The molecule has 23 heavy (non-hydrogen) atoms. The Morgan fingerprint density at radius 3 is 2.35 bits per heavy atom. The topological polar surface area (TPSA) is 83.8 Å². The molecule has 3 aromatic rings. The van der Waals surface area contributed by atoms with E-state index in [0.717, 1.165) is 6.07 Å². The van der Waals surface area contributed by atoms with Gasteiger partial charge in [-0.15, -0.1) is 0 Å². The van der Waals surface area contributed by atoms with E-state index in [4.69, 9.17) is 0 Å². The van der Waals surface area contributed by atoms with Gasteiger partial charge in [-0.3, -0.25) is 4.79 Å². The molecule has 0 radical (unpaired) electrons. The molecular formula is C12H5F5N4O2. The van der Waals surface area contributed by atoms with Crippen LogP contribution in [0.4, 0.5) is 33.3 Å². The number of alkyl halides is 3. The molecule has 6 nitrogen and oxygen atoms in total. The van der Waals surface area contributed by atoms with Gasteiger partial charge in [0.15, 0.2) is 5.52 Å². The lowest BCUT2D eigenvalue weighted by molar-refractivity contribution is -0.142. The van der Waals surface area contributed by atoms with Crippen LogP contribution in [-0.4, -0.2) is 15.3 Å². The third-order valence-electron chi connectivity index (χ3n) is 2.88. The van der Waals surface area contributed by atoms with Gasteiger partial charge >= 0.3 is 6.18 Å². The number of hydrogen-bond acceptors (Lipinski definition) is 5. The molecule has 0 aliphatic rings. The lowest BCUT2D eigenvalue weighted by atomic mass is 10.1. The van der Waals surface area contributed by atoms with Crippen LogP contribution in [-0.2, 0) is 6.18 Å². The molecule has 1 aromatic carbocycles. The van der Waals surface area contributed by atoms with E-state index in [1.165, 1.54) is 0 Å². The molecule has 0 fully saturated rings. The number of H-pyrrole nitrogens is 1. The Kier molecular flexibility index (Phi) is 3.27. The quantitative estimate of drug-likeness (QED) is 0.705. The SMILES string of the molecule is O=c1[nH]c2nonc2cc1Nc1cc(F)c(C(F)(F)F)c(F)c1. The van der Waals surface area contributed by atoms with Crippen molar-refractivity contribution in [3.05, 3.63) is 45.8 Å². The highest BCUT2D eigenvalue weighted by Gasteiger charge is 2.37. The largest absolute Gasteiger partial charge is 0.422 e. The van der Waals surface area contributed by atoms with Gasteiger partial charge in [-0.2, -0.15) is 13.2 Å². The summed E-state index contributed by atoms with van der Waals surface area (Å²) in [6, 6.07) is 2.02. The van der Waals surface area contributed by atoms with Gasteiger partial charge in [0.2, 0.25) is 5.65 Å². The smallest absolute Gasteiger partial charge is 0.351 e. The third-order valence-corrected chi connectivity index (χ3v) is 2.88. The second-order valence-corrected chi connectivity index (χ2v) is 4.45. The van der Waals surface area contributed by atoms with Crippen LogP contribution < -0.4 is 10.9 Å². The Balaban J connectivity index is 2.02. The van der Waals surface area contributed by atoms with Crippen molar-refractivity contribution in [2.45, 2.75) is 6.18 Å². The molecule has 0 aliphatic carbocycles. The van der Waals surface area contributed by atoms with Crippen molar-refractivity contribution in [1.29, 1.82) is 0 Å². The van der Waals surface area contributed by atoms with E-state index >= 15 is 0 Å². The Labute approximate surface area is 122 Å². The molecule has 0 bridgehead atoms. The average molecular weight is 332 g/mol. The lowest BCUT2D eigenvalue weighted by Gasteiger charge is -2.12. The standard InChI is InChI=1S/C12H5F5N4O2/c13-5-1-4(2-6(14)9(5)12(15,16)17)18-8-3-7-10(19-11(8)22)21-23-20-7/h1-3,18H,(H,19,21,22). The van der Waals surface area contributed by atoms with Crippen molar-refractivity contribution >= 4 is 22.5 Å². The van der Waals surface area contributed by atoms with Crippen LogP contribution in [0, 0.1) is 11.6 Å². The van der Waals surface area contributed by atoms with Gasteiger partial charge < -0.3 is 10.3 Å². The van der Waals surface area contributed by atoms with Gasteiger partial charge in [0.25, 0.3) is 5.56 Å². The minimum Gasteiger partial charge on any atom is -0.351 e. The number of aromatic amines is 1. The van der Waals surface area contributed by atoms with Crippen molar-refractivity contribution in [3.63, 3.8) is 0 Å². The van der Waals surface area contributed by atoms with Gasteiger partial charge in [0.05, 0.1) is 0 Å². The maximum absolute atomic E-state index is 13.5. The Morgan fingerprint density at radius 2 is 1.74 bits per heavy atom. The summed E-state index contributed by atoms with van der Waals surface area (Å²) in [4.78, 5) is 14.0. The molecule has 11 heteroatoms. The molecule has 120 valence electrons. The second-order valence-electron chi connectivity index (χ2n) is 4.45. The molecule has 2 heterocycles. The van der Waals surface area contributed by atoms with E-state index in [1.54, 1.807) is 0 Å². The van der Waals surface area contributed by atoms with Crippen LogP contribution in [0.1, 0.15) is 5.56 Å². The third kappa shape index (κ3) is 2.72. The molecule has 0 amide bonds. The monoisotopic (exact) mass is 332 g/mol. The predicted molar refractivity (Wildman–Crippen MR) is 67.1 cm³/mol. The van der Waals surface area contributed by atoms with E-state index in [-0.39, 0.29) is 22.5 Å². The minimum atomic E-state index is -5.17. The number of fused-ring (bicyclic) bond motifs is 1. The summed E-state index contributed by atoms with van der Waals surface area (Å²) in [5.41, 5.74) is -3.13. The number of rotatable bonds is 2. The Morgan fingerprint density at radius 1 is 1.09 bits per heavy atom. The zero-order valence-corrected chi connectivity index (χ0v) is 10.8. The first-order chi connectivity index (χ1) is 10.8. The van der Waals surface area contributed by atoms with Crippen LogP contribution >= 0.6 is 0 Å². The zero-order valence-electron chi connectivity index (χ0n) is 10.8. The molecule has 0 saturated carbocycles. The van der Waals surface area contributed by atoms with E-state index in [0.29, 0.717) is 12.1 Å². The second kappa shape index (κ2) is 5.04. The van der Waals surface area contributed by atoms with Crippen LogP contribution in [0.25, 0.3) is 11.2 Å². The van der Waals surface area contributed by atoms with E-state index < -0.39 is 28.9 Å². The first kappa shape index (κ1) is 14.9. The molecule has 0 aliphatic heterocycles. The number of anilines is 2. The van der Waals surface area contributed by atoms with Crippen molar-refractivity contribution < 1.29 is 26.6 Å². The highest BCUT2D eigenvalue weighted by molar-refractivity contribution is 5.74. The van der Waals surface area contributed by atoms with Gasteiger partial charge in [-0.05, 0) is 22.4 Å². The fraction of sp³-hybridized carbons (Fsp3) is 0.0833. The molecule has 3 rings (SSSR count). The Hall–Kier alpha value is -2.98. The van der Waals surface area contributed by atoms with Crippen molar-refractivity contribution in [1.82, 2.24) is 15.3 Å². The number of nitrogens with zero attached hydrogens (tertiary/aromatic N) is 2. The Bertz CT molecular complexity index is 924. The number of halogens is 5. The summed E-state index contributed by atoms with van der Waals surface area (Å²) in [5.74, 6) is -3.61. The van der Waals surface area contributed by atoms with E-state index in [2.05, 4.69) is 25.2 Å². The zero-order chi connectivity index (χ0) is 16.8. The van der Waals surface area contributed by atoms with Gasteiger partial charge in [-0.25, -0.2) is 13.4 Å². The number of nitrogens with one attached hydrogen (secondary N) is 2. The van der Waals surface area contributed by atoms with Crippen LogP contribution in [0.15, 0.2) is 27.6 Å². The number of aromatic nitrogens is 3. The van der Waals surface area contributed by atoms with Gasteiger partial charge in [0, 0.05) is 11.8 Å². The first-order valence-electron chi connectivity index (χ1n) is 5.94. The maximum atomic E-state index is 13.5. The van der Waals surface area contributed by atoms with Crippen molar-refractivity contribution in [3.8, 4) is 0 Å². The molecule has 2 N–H and O–H groups in total. The average Bonchev–Trinajstić information content (AvgIpc) is 2.83. The summed E-state index contributed by atoms with van der Waals surface area (Å²) in [7, 11) is 0.